The van der Waals surface area contributed by atoms with Gasteiger partial charge in [-0.2, -0.15) is 0 Å². The number of allylic oxidation sites excluding steroid dienone is 1. The minimum absolute atomic E-state index is 0.336. The zero-order valence-electron chi connectivity index (χ0n) is 8.01. The third-order valence-corrected chi connectivity index (χ3v) is 1.60. The summed E-state index contributed by atoms with van der Waals surface area (Å²) >= 11 is 3.15. The number of unbranched alkanes of at least 4 members (excludes halogenated alkanes) is 2. The van der Waals surface area contributed by atoms with Crippen molar-refractivity contribution in [2.45, 2.75) is 33.1 Å². The smallest absolute Gasteiger partial charge is 0.266 e. The highest BCUT2D eigenvalue weighted by Gasteiger charge is 2.01. The van der Waals surface area contributed by atoms with Gasteiger partial charge in [0.15, 0.2) is 0 Å². The van der Waals surface area contributed by atoms with Crippen molar-refractivity contribution in [3.05, 3.63) is 11.8 Å². The molecule has 0 saturated heterocycles. The van der Waals surface area contributed by atoms with Gasteiger partial charge in [0, 0.05) is 0 Å². The Hall–Kier alpha value is -0.640. The summed E-state index contributed by atoms with van der Waals surface area (Å²) in [5.74, 6) is -0.477. The number of nitrogens with zero attached hydrogens (tertiary/aromatic N) is 1. The fraction of sp³-hybridized carbons (Fsp3) is 0.556. The van der Waals surface area contributed by atoms with Crippen LogP contribution in [0.5, 0.6) is 0 Å². The first-order valence-electron chi connectivity index (χ1n) is 4.28. The van der Waals surface area contributed by atoms with E-state index in [4.69, 9.17) is 5.73 Å². The van der Waals surface area contributed by atoms with Crippen molar-refractivity contribution in [2.75, 3.05) is 0 Å². The van der Waals surface area contributed by atoms with Gasteiger partial charge >= 0.3 is 0 Å². The molecule has 2 N–H and O–H groups in total. The average molecular weight is 247 g/mol. The van der Waals surface area contributed by atoms with Crippen molar-refractivity contribution in [3.63, 3.8) is 0 Å². The van der Waals surface area contributed by atoms with Gasteiger partial charge in [-0.1, -0.05) is 19.4 Å². The van der Waals surface area contributed by atoms with Crippen LogP contribution in [0, 0.1) is 0 Å². The predicted molar refractivity (Wildman–Crippen MR) is 58.8 cm³/mol. The number of nitrogens with two attached hydrogens (primary N) is 1. The molecule has 0 heterocycles. The second kappa shape index (κ2) is 6.83. The highest BCUT2D eigenvalue weighted by molar-refractivity contribution is 9.18. The number of aliphatic imine (C=N–C) groups is 1. The lowest BCUT2D eigenvalue weighted by atomic mass is 10.2. The molecule has 4 heteroatoms. The van der Waals surface area contributed by atoms with Crippen LogP contribution in [0.2, 0.25) is 0 Å². The third-order valence-electron chi connectivity index (χ3n) is 1.42. The molecule has 0 atom stereocenters. The van der Waals surface area contributed by atoms with Gasteiger partial charge in [0.2, 0.25) is 0 Å². The molecule has 1 amide bonds. The zero-order valence-corrected chi connectivity index (χ0v) is 9.60. The van der Waals surface area contributed by atoms with Crippen LogP contribution < -0.4 is 5.73 Å². The first-order chi connectivity index (χ1) is 6.07. The van der Waals surface area contributed by atoms with E-state index in [9.17, 15) is 4.79 Å². The molecule has 0 rings (SSSR count). The summed E-state index contributed by atoms with van der Waals surface area (Å²) < 4.78 is 0.661. The number of amides is 1. The highest BCUT2D eigenvalue weighted by atomic mass is 79.9. The number of primary amides is 1. The van der Waals surface area contributed by atoms with Gasteiger partial charge in [-0.15, -0.1) is 0 Å². The molecular weight excluding hydrogens is 232 g/mol. The van der Waals surface area contributed by atoms with Crippen molar-refractivity contribution < 1.29 is 4.79 Å². The van der Waals surface area contributed by atoms with E-state index < -0.39 is 5.91 Å². The number of carbonyl (C=O) groups excluding carboxylic acids is 1. The van der Waals surface area contributed by atoms with Gasteiger partial charge < -0.3 is 5.73 Å². The van der Waals surface area contributed by atoms with Crippen LogP contribution in [0.15, 0.2) is 16.8 Å². The predicted octanol–water partition coefficient (Wildman–Crippen LogP) is 2.36. The SMILES string of the molecule is CCCC/C=C(\N=C(C)Br)C(N)=O. The Balaban J connectivity index is 4.33. The van der Waals surface area contributed by atoms with E-state index in [2.05, 4.69) is 27.8 Å². The van der Waals surface area contributed by atoms with Gasteiger partial charge in [0.25, 0.3) is 5.91 Å². The molecule has 0 aliphatic heterocycles. The molecule has 0 radical (unpaired) electrons. The Morgan fingerprint density at radius 1 is 1.62 bits per heavy atom. The fourth-order valence-electron chi connectivity index (χ4n) is 0.810. The molecule has 0 fully saturated rings. The summed E-state index contributed by atoms with van der Waals surface area (Å²) in [6, 6.07) is 0. The normalized spacial score (nSPS) is 13.2. The van der Waals surface area contributed by atoms with E-state index in [0.717, 1.165) is 19.3 Å². The molecule has 0 bridgehead atoms. The van der Waals surface area contributed by atoms with E-state index in [1.807, 2.05) is 0 Å². The number of rotatable bonds is 5. The molecule has 0 aliphatic carbocycles. The molecule has 0 aromatic carbocycles. The molecule has 0 aromatic heterocycles. The second-order valence-electron chi connectivity index (χ2n) is 2.70. The summed E-state index contributed by atoms with van der Waals surface area (Å²) in [6.45, 7) is 3.85. The lowest BCUT2D eigenvalue weighted by Crippen LogP contribution is -2.13. The Bertz CT molecular complexity index is 230. The van der Waals surface area contributed by atoms with Gasteiger partial charge in [-0.25, -0.2) is 4.99 Å². The van der Waals surface area contributed by atoms with Crippen molar-refractivity contribution in [1.29, 1.82) is 0 Å². The first kappa shape index (κ1) is 12.4. The van der Waals surface area contributed by atoms with E-state index in [1.165, 1.54) is 0 Å². The van der Waals surface area contributed by atoms with E-state index in [0.29, 0.717) is 10.3 Å². The number of halogens is 1. The zero-order chi connectivity index (χ0) is 10.3. The Morgan fingerprint density at radius 3 is 2.62 bits per heavy atom. The van der Waals surface area contributed by atoms with Crippen LogP contribution in [0.4, 0.5) is 0 Å². The largest absolute Gasteiger partial charge is 0.364 e. The summed E-state index contributed by atoms with van der Waals surface area (Å²) in [5.41, 5.74) is 5.47. The Labute approximate surface area is 87.2 Å². The van der Waals surface area contributed by atoms with E-state index in [1.54, 1.807) is 13.0 Å². The average Bonchev–Trinajstić information content (AvgIpc) is 2.02. The van der Waals surface area contributed by atoms with Crippen molar-refractivity contribution in [3.8, 4) is 0 Å². The van der Waals surface area contributed by atoms with Gasteiger partial charge in [-0.05, 0) is 35.7 Å². The fourth-order valence-corrected chi connectivity index (χ4v) is 1.00. The van der Waals surface area contributed by atoms with Gasteiger partial charge in [0.1, 0.15) is 5.70 Å². The maximum atomic E-state index is 10.9. The third kappa shape index (κ3) is 6.51. The topological polar surface area (TPSA) is 55.4 Å². The maximum Gasteiger partial charge on any atom is 0.266 e. The molecule has 0 aromatic rings. The summed E-state index contributed by atoms with van der Waals surface area (Å²) in [7, 11) is 0. The second-order valence-corrected chi connectivity index (χ2v) is 3.85. The number of hydrogen-bond acceptors (Lipinski definition) is 2. The summed E-state index contributed by atoms with van der Waals surface area (Å²) in [6.07, 6.45) is 4.77. The molecular formula is C9H15BrN2O. The quantitative estimate of drug-likeness (QED) is 0.452. The Kier molecular flexibility index (Phi) is 6.49. The lowest BCUT2D eigenvalue weighted by Gasteiger charge is -1.96. The first-order valence-corrected chi connectivity index (χ1v) is 5.08. The van der Waals surface area contributed by atoms with Crippen LogP contribution in [-0.2, 0) is 4.79 Å². The minimum Gasteiger partial charge on any atom is -0.364 e. The molecule has 0 spiro atoms. The minimum atomic E-state index is -0.477. The number of hydrogen-bond donors (Lipinski definition) is 1. The monoisotopic (exact) mass is 246 g/mol. The van der Waals surface area contributed by atoms with Crippen LogP contribution in [0.1, 0.15) is 33.1 Å². The Morgan fingerprint density at radius 2 is 2.23 bits per heavy atom. The standard InChI is InChI=1S/C9H15BrN2O/c1-3-4-5-6-8(9(11)13)12-7(2)10/h6H,3-5H2,1-2H3,(H2,11,13)/b8-6-,12-7?. The van der Waals surface area contributed by atoms with Gasteiger partial charge in [-0.3, -0.25) is 4.79 Å². The van der Waals surface area contributed by atoms with Crippen LogP contribution in [0.3, 0.4) is 0 Å². The molecule has 13 heavy (non-hydrogen) atoms. The summed E-state index contributed by atoms with van der Waals surface area (Å²) in [4.78, 5) is 14.8. The number of carbonyl (C=O) groups is 1. The summed E-state index contributed by atoms with van der Waals surface area (Å²) in [5, 5.41) is 0. The molecule has 74 valence electrons. The van der Waals surface area contributed by atoms with Crippen LogP contribution >= 0.6 is 15.9 Å². The van der Waals surface area contributed by atoms with Crippen LogP contribution in [-0.4, -0.2) is 10.5 Å². The van der Waals surface area contributed by atoms with Crippen molar-refractivity contribution >= 4 is 26.5 Å². The van der Waals surface area contributed by atoms with Crippen molar-refractivity contribution in [1.82, 2.24) is 0 Å². The molecule has 0 unspecified atom stereocenters. The highest BCUT2D eigenvalue weighted by Crippen LogP contribution is 2.04. The van der Waals surface area contributed by atoms with E-state index in [-0.39, 0.29) is 0 Å². The lowest BCUT2D eigenvalue weighted by molar-refractivity contribution is -0.114. The maximum absolute atomic E-state index is 10.9. The van der Waals surface area contributed by atoms with Crippen LogP contribution in [0.25, 0.3) is 0 Å². The van der Waals surface area contributed by atoms with Gasteiger partial charge in [0.05, 0.1) is 4.62 Å². The molecule has 0 aliphatic rings. The van der Waals surface area contributed by atoms with Crippen molar-refractivity contribution in [2.24, 2.45) is 10.7 Å². The molecule has 3 nitrogen and oxygen atoms in total. The van der Waals surface area contributed by atoms with E-state index >= 15 is 0 Å². The molecule has 0 saturated carbocycles.